The minimum atomic E-state index is -3.72. The number of amides is 4. The van der Waals surface area contributed by atoms with E-state index in [-0.39, 0.29) is 47.0 Å². The molecule has 0 heterocycles. The monoisotopic (exact) mass is 720 g/mol. The smallest absolute Gasteiger partial charge is 0.253 e. The van der Waals surface area contributed by atoms with Crippen LogP contribution in [0.4, 0.5) is 5.69 Å². The van der Waals surface area contributed by atoms with Crippen molar-refractivity contribution in [3.8, 4) is 0 Å². The Balaban J connectivity index is 1.85. The molecule has 51 heavy (non-hydrogen) atoms. The number of carbonyl (C=O) groups is 4. The van der Waals surface area contributed by atoms with Crippen LogP contribution >= 0.6 is 0 Å². The fraction of sp³-hybridized carbons (Fsp3) is 0.421. The molecule has 3 aromatic rings. The van der Waals surface area contributed by atoms with Gasteiger partial charge in [-0.2, -0.15) is 0 Å². The van der Waals surface area contributed by atoms with E-state index in [2.05, 4.69) is 21.3 Å². The van der Waals surface area contributed by atoms with Crippen LogP contribution in [0.2, 0.25) is 0 Å². The third-order valence-electron chi connectivity index (χ3n) is 8.54. The molecule has 0 saturated carbocycles. The third-order valence-corrected chi connectivity index (χ3v) is 9.74. The van der Waals surface area contributed by atoms with E-state index in [0.717, 1.165) is 21.7 Å². The zero-order valence-corrected chi connectivity index (χ0v) is 31.4. The average molecular weight is 721 g/mol. The standard InChI is InChI=1S/C38H52N6O6S/c1-8-39-37(47)34(26(2)3)42-35(45)27(4)40-25-32(21-29-17-13-10-14-18-29)41-36(46)30-22-31(24-33(23-30)44(6)51(7,49)50)38(48)43(5)20-19-28-15-11-9-12-16-28/h9-18,22-24,26-27,32,34,40H,8,19-21,25H2,1-7H3,(H,39,47)(H,41,46)(H,42,45)/t27-,32-,34-/m0/s1. The largest absolute Gasteiger partial charge is 0.355 e. The number of carbonyl (C=O) groups excluding carboxylic acids is 4. The molecule has 0 aliphatic rings. The van der Waals surface area contributed by atoms with Crippen LogP contribution in [0.15, 0.2) is 78.9 Å². The molecule has 13 heteroatoms. The molecule has 0 radical (unpaired) electrons. The molecule has 12 nitrogen and oxygen atoms in total. The lowest BCUT2D eigenvalue weighted by Gasteiger charge is -2.26. The summed E-state index contributed by atoms with van der Waals surface area (Å²) in [5.74, 6) is -1.63. The number of nitrogens with zero attached hydrogens (tertiary/aromatic N) is 2. The number of anilines is 1. The van der Waals surface area contributed by atoms with Gasteiger partial charge in [-0.3, -0.25) is 23.5 Å². The molecule has 0 spiro atoms. The first-order chi connectivity index (χ1) is 24.1. The van der Waals surface area contributed by atoms with Crippen LogP contribution in [-0.2, 0) is 32.5 Å². The summed E-state index contributed by atoms with van der Waals surface area (Å²) in [6.07, 6.45) is 2.08. The molecule has 0 aromatic heterocycles. The van der Waals surface area contributed by atoms with Crippen LogP contribution in [0.5, 0.6) is 0 Å². The van der Waals surface area contributed by atoms with Crippen molar-refractivity contribution in [2.24, 2.45) is 5.92 Å². The molecular formula is C38H52N6O6S. The Bertz CT molecular complexity index is 1740. The number of hydrogen-bond acceptors (Lipinski definition) is 7. The predicted octanol–water partition coefficient (Wildman–Crippen LogP) is 2.99. The van der Waals surface area contributed by atoms with Crippen molar-refractivity contribution in [3.63, 3.8) is 0 Å². The van der Waals surface area contributed by atoms with Crippen molar-refractivity contribution in [1.29, 1.82) is 0 Å². The maximum atomic E-state index is 13.9. The number of hydrogen-bond donors (Lipinski definition) is 4. The maximum absolute atomic E-state index is 13.9. The van der Waals surface area contributed by atoms with Crippen molar-refractivity contribution in [1.82, 2.24) is 26.2 Å². The topological polar surface area (TPSA) is 157 Å². The van der Waals surface area contributed by atoms with E-state index in [4.69, 9.17) is 0 Å². The molecule has 4 amide bonds. The molecule has 0 fully saturated rings. The Morgan fingerprint density at radius 1 is 0.784 bits per heavy atom. The zero-order valence-electron chi connectivity index (χ0n) is 30.6. The van der Waals surface area contributed by atoms with Gasteiger partial charge in [0, 0.05) is 50.9 Å². The maximum Gasteiger partial charge on any atom is 0.253 e. The molecule has 0 unspecified atom stereocenters. The normalized spacial score (nSPS) is 13.1. The lowest BCUT2D eigenvalue weighted by molar-refractivity contribution is -0.130. The number of likely N-dealkylation sites (N-methyl/N-ethyl adjacent to an activating group) is 2. The Morgan fingerprint density at radius 2 is 1.37 bits per heavy atom. The van der Waals surface area contributed by atoms with E-state index in [0.29, 0.717) is 25.9 Å². The molecule has 0 aliphatic carbocycles. The van der Waals surface area contributed by atoms with Gasteiger partial charge in [-0.1, -0.05) is 74.5 Å². The zero-order chi connectivity index (χ0) is 37.7. The second-order valence-electron chi connectivity index (χ2n) is 13.1. The molecule has 3 rings (SSSR count). The van der Waals surface area contributed by atoms with Crippen LogP contribution in [0.3, 0.4) is 0 Å². The van der Waals surface area contributed by atoms with Gasteiger partial charge in [-0.25, -0.2) is 8.42 Å². The first-order valence-electron chi connectivity index (χ1n) is 17.1. The molecule has 0 aliphatic heterocycles. The highest BCUT2D eigenvalue weighted by molar-refractivity contribution is 7.92. The van der Waals surface area contributed by atoms with Crippen LogP contribution < -0.4 is 25.6 Å². The minimum absolute atomic E-state index is 0.105. The molecule has 3 atom stereocenters. The Morgan fingerprint density at radius 3 is 1.94 bits per heavy atom. The average Bonchev–Trinajstić information content (AvgIpc) is 3.10. The fourth-order valence-corrected chi connectivity index (χ4v) is 5.84. The van der Waals surface area contributed by atoms with Crippen LogP contribution in [0.25, 0.3) is 0 Å². The van der Waals surface area contributed by atoms with Gasteiger partial charge in [-0.15, -0.1) is 0 Å². The van der Waals surface area contributed by atoms with Gasteiger partial charge >= 0.3 is 0 Å². The quantitative estimate of drug-likeness (QED) is 0.157. The Kier molecular flexibility index (Phi) is 15.2. The van der Waals surface area contributed by atoms with Gasteiger partial charge in [0.15, 0.2) is 0 Å². The molecule has 3 aromatic carbocycles. The van der Waals surface area contributed by atoms with Gasteiger partial charge in [0.1, 0.15) is 6.04 Å². The first-order valence-corrected chi connectivity index (χ1v) is 19.0. The van der Waals surface area contributed by atoms with Crippen LogP contribution in [0.1, 0.15) is 59.5 Å². The van der Waals surface area contributed by atoms with Crippen molar-refractivity contribution < 1.29 is 27.6 Å². The van der Waals surface area contributed by atoms with Gasteiger partial charge in [0.05, 0.1) is 18.0 Å². The molecule has 0 saturated heterocycles. The number of rotatable bonds is 18. The van der Waals surface area contributed by atoms with Crippen molar-refractivity contribution >= 4 is 39.3 Å². The number of benzene rings is 3. The second-order valence-corrected chi connectivity index (χ2v) is 15.1. The second kappa shape index (κ2) is 19.0. The van der Waals surface area contributed by atoms with Crippen molar-refractivity contribution in [2.45, 2.75) is 58.7 Å². The summed E-state index contributed by atoms with van der Waals surface area (Å²) in [6, 6.07) is 21.7. The highest BCUT2D eigenvalue weighted by Gasteiger charge is 2.27. The third kappa shape index (κ3) is 12.5. The van der Waals surface area contributed by atoms with Gasteiger partial charge in [-0.05, 0) is 61.9 Å². The highest BCUT2D eigenvalue weighted by Crippen LogP contribution is 2.22. The molecule has 0 bridgehead atoms. The van der Waals surface area contributed by atoms with E-state index in [1.807, 2.05) is 81.4 Å². The lowest BCUT2D eigenvalue weighted by Crippen LogP contribution is -2.55. The van der Waals surface area contributed by atoms with E-state index in [9.17, 15) is 27.6 Å². The Labute approximate surface area is 302 Å². The van der Waals surface area contributed by atoms with Crippen molar-refractivity contribution in [3.05, 3.63) is 101 Å². The first kappa shape index (κ1) is 40.7. The Hall–Kier alpha value is -4.75. The summed E-state index contributed by atoms with van der Waals surface area (Å²) in [7, 11) is -0.688. The van der Waals surface area contributed by atoms with E-state index < -0.39 is 34.1 Å². The van der Waals surface area contributed by atoms with E-state index in [1.165, 1.54) is 25.2 Å². The number of nitrogens with one attached hydrogen (secondary N) is 4. The summed E-state index contributed by atoms with van der Waals surface area (Å²) in [6.45, 7) is 8.26. The van der Waals surface area contributed by atoms with Crippen molar-refractivity contribution in [2.75, 3.05) is 44.3 Å². The summed E-state index contributed by atoms with van der Waals surface area (Å²) < 4.78 is 26.1. The minimum Gasteiger partial charge on any atom is -0.355 e. The molecule has 4 N–H and O–H groups in total. The fourth-order valence-electron chi connectivity index (χ4n) is 5.35. The highest BCUT2D eigenvalue weighted by atomic mass is 32.2. The number of sulfonamides is 1. The SMILES string of the molecule is CCNC(=O)[C@@H](NC(=O)[C@H](C)NC[C@H](Cc1ccccc1)NC(=O)c1cc(C(=O)N(C)CCc2ccccc2)cc(N(C)S(C)(=O)=O)c1)C(C)C. The van der Waals surface area contributed by atoms with Gasteiger partial charge in [0.25, 0.3) is 11.8 Å². The van der Waals surface area contributed by atoms with E-state index in [1.54, 1.807) is 18.9 Å². The molecular weight excluding hydrogens is 669 g/mol. The van der Waals surface area contributed by atoms with Gasteiger partial charge < -0.3 is 26.2 Å². The summed E-state index contributed by atoms with van der Waals surface area (Å²) in [4.78, 5) is 54.7. The van der Waals surface area contributed by atoms with Crippen LogP contribution in [-0.4, -0.2) is 95.1 Å². The predicted molar refractivity (Wildman–Crippen MR) is 201 cm³/mol. The van der Waals surface area contributed by atoms with Crippen LogP contribution in [0, 0.1) is 5.92 Å². The molecule has 276 valence electrons. The van der Waals surface area contributed by atoms with E-state index >= 15 is 0 Å². The summed E-state index contributed by atoms with van der Waals surface area (Å²) in [5, 5.41) is 11.8. The summed E-state index contributed by atoms with van der Waals surface area (Å²) >= 11 is 0. The lowest BCUT2D eigenvalue weighted by atomic mass is 10.0. The van der Waals surface area contributed by atoms with Gasteiger partial charge in [0.2, 0.25) is 21.8 Å². The summed E-state index contributed by atoms with van der Waals surface area (Å²) in [5.41, 5.74) is 2.44.